The maximum Gasteiger partial charge on any atom is 0.263 e. The summed E-state index contributed by atoms with van der Waals surface area (Å²) in [4.78, 5) is 18.9. The molecule has 1 aliphatic rings. The number of halogens is 2. The van der Waals surface area contributed by atoms with Crippen molar-refractivity contribution >= 4 is 17.2 Å². The number of anilines is 1. The maximum atomic E-state index is 13.9. The third-order valence-corrected chi connectivity index (χ3v) is 5.80. The molecule has 3 rings (SSSR count). The van der Waals surface area contributed by atoms with Crippen molar-refractivity contribution < 1.29 is 18.1 Å². The van der Waals surface area contributed by atoms with E-state index < -0.39 is 12.3 Å². The van der Waals surface area contributed by atoms with Crippen LogP contribution in [0.25, 0.3) is 5.57 Å². The second-order valence-corrected chi connectivity index (χ2v) is 9.03. The number of rotatable bonds is 12. The highest BCUT2D eigenvalue weighted by molar-refractivity contribution is 6.05. The molecule has 1 aromatic carbocycles. The van der Waals surface area contributed by atoms with Gasteiger partial charge in [0.25, 0.3) is 11.8 Å². The highest BCUT2D eigenvalue weighted by Crippen LogP contribution is 2.26. The standard InChI is InChI=1S/C26H34F2N4O2/c1-19(11-14-27)24(33)32(22-9-7-8-21(18-22)20-12-15-29-16-13-20)17-6-4-5-10-23-30-25(34-31-23)26(2,3)28/h7-9,12,18,29H,1,4-6,10-11,13-17H2,2-3H3. The Balaban J connectivity index is 1.63. The average molecular weight is 473 g/mol. The highest BCUT2D eigenvalue weighted by atomic mass is 19.1. The highest BCUT2D eigenvalue weighted by Gasteiger charge is 2.26. The number of amides is 1. The number of benzene rings is 1. The predicted octanol–water partition coefficient (Wildman–Crippen LogP) is 5.31. The Morgan fingerprint density at radius 1 is 1.29 bits per heavy atom. The summed E-state index contributed by atoms with van der Waals surface area (Å²) < 4.78 is 31.8. The Bertz CT molecular complexity index is 1010. The van der Waals surface area contributed by atoms with Gasteiger partial charge in [-0.1, -0.05) is 36.4 Å². The molecule has 2 aromatic rings. The number of alkyl halides is 2. The first-order chi connectivity index (χ1) is 16.3. The van der Waals surface area contributed by atoms with E-state index in [1.807, 2.05) is 18.2 Å². The van der Waals surface area contributed by atoms with Crippen molar-refractivity contribution in [3.8, 4) is 0 Å². The normalized spacial score (nSPS) is 14.1. The minimum Gasteiger partial charge on any atom is -0.336 e. The monoisotopic (exact) mass is 472 g/mol. The average Bonchev–Trinajstić information content (AvgIpc) is 3.31. The van der Waals surface area contributed by atoms with Crippen LogP contribution in [0.5, 0.6) is 0 Å². The number of nitrogens with zero attached hydrogens (tertiary/aromatic N) is 3. The number of unbranched alkanes of at least 4 members (excludes halogenated alkanes) is 2. The van der Waals surface area contributed by atoms with E-state index in [2.05, 4.69) is 34.2 Å². The first kappa shape index (κ1) is 25.7. The van der Waals surface area contributed by atoms with Crippen molar-refractivity contribution in [1.82, 2.24) is 15.5 Å². The van der Waals surface area contributed by atoms with Crippen LogP contribution in [0.4, 0.5) is 14.5 Å². The molecule has 34 heavy (non-hydrogen) atoms. The molecule has 0 fully saturated rings. The lowest BCUT2D eigenvalue weighted by atomic mass is 9.99. The lowest BCUT2D eigenvalue weighted by Crippen LogP contribution is -2.33. The van der Waals surface area contributed by atoms with Crippen LogP contribution in [0.3, 0.4) is 0 Å². The topological polar surface area (TPSA) is 71.3 Å². The third kappa shape index (κ3) is 7.06. The molecule has 184 valence electrons. The van der Waals surface area contributed by atoms with E-state index in [-0.39, 0.29) is 23.8 Å². The fraction of sp³-hybridized carbons (Fsp3) is 0.500. The summed E-state index contributed by atoms with van der Waals surface area (Å²) >= 11 is 0. The smallest absolute Gasteiger partial charge is 0.263 e. The molecule has 0 spiro atoms. The number of nitrogens with one attached hydrogen (secondary N) is 1. The molecule has 0 bridgehead atoms. The molecule has 6 nitrogen and oxygen atoms in total. The number of carbonyl (C=O) groups is 1. The van der Waals surface area contributed by atoms with Gasteiger partial charge in [0.1, 0.15) is 0 Å². The van der Waals surface area contributed by atoms with Crippen LogP contribution in [-0.2, 0) is 16.9 Å². The summed E-state index contributed by atoms with van der Waals surface area (Å²) in [6.07, 6.45) is 6.03. The quantitative estimate of drug-likeness (QED) is 0.335. The molecule has 0 atom stereocenters. The van der Waals surface area contributed by atoms with Gasteiger partial charge in [-0.3, -0.25) is 9.18 Å². The van der Waals surface area contributed by atoms with Crippen LogP contribution >= 0.6 is 0 Å². The molecule has 0 saturated heterocycles. The van der Waals surface area contributed by atoms with Crippen LogP contribution in [-0.4, -0.2) is 42.4 Å². The molecular formula is C26H34F2N4O2. The summed E-state index contributed by atoms with van der Waals surface area (Å²) in [6.45, 7) is 8.20. The Labute approximate surface area is 200 Å². The summed E-state index contributed by atoms with van der Waals surface area (Å²) in [5.41, 5.74) is 1.74. The van der Waals surface area contributed by atoms with Crippen LogP contribution in [0.15, 0.2) is 47.0 Å². The van der Waals surface area contributed by atoms with Gasteiger partial charge in [0, 0.05) is 37.2 Å². The van der Waals surface area contributed by atoms with Crippen LogP contribution < -0.4 is 10.2 Å². The SMILES string of the molecule is C=C(CCF)C(=O)N(CCCCCc1noc(C(C)(C)F)n1)c1cccc(C2=CCNCC2)c1. The summed E-state index contributed by atoms with van der Waals surface area (Å²) in [7, 11) is 0. The fourth-order valence-corrected chi connectivity index (χ4v) is 3.84. The predicted molar refractivity (Wildman–Crippen MR) is 130 cm³/mol. The number of aryl methyl sites for hydroxylation is 1. The Kier molecular flexibility index (Phi) is 9.10. The van der Waals surface area contributed by atoms with E-state index in [0.29, 0.717) is 18.8 Å². The molecule has 0 saturated carbocycles. The zero-order valence-corrected chi connectivity index (χ0v) is 20.1. The maximum absolute atomic E-state index is 13.9. The molecule has 1 aromatic heterocycles. The van der Waals surface area contributed by atoms with Gasteiger partial charge in [-0.15, -0.1) is 0 Å². The Morgan fingerprint density at radius 3 is 2.79 bits per heavy atom. The lowest BCUT2D eigenvalue weighted by molar-refractivity contribution is -0.115. The Morgan fingerprint density at radius 2 is 2.12 bits per heavy atom. The van der Waals surface area contributed by atoms with E-state index in [4.69, 9.17) is 4.52 Å². The van der Waals surface area contributed by atoms with Crippen molar-refractivity contribution in [3.05, 3.63) is 59.8 Å². The molecule has 1 aliphatic heterocycles. The van der Waals surface area contributed by atoms with E-state index in [1.165, 1.54) is 19.4 Å². The minimum atomic E-state index is -1.66. The first-order valence-corrected chi connectivity index (χ1v) is 11.9. The molecular weight excluding hydrogens is 438 g/mol. The van der Waals surface area contributed by atoms with Gasteiger partial charge < -0.3 is 14.7 Å². The van der Waals surface area contributed by atoms with Crippen LogP contribution in [0, 0.1) is 0 Å². The first-order valence-electron chi connectivity index (χ1n) is 11.9. The zero-order valence-electron chi connectivity index (χ0n) is 20.1. The summed E-state index contributed by atoms with van der Waals surface area (Å²) in [6, 6.07) is 7.94. The van der Waals surface area contributed by atoms with Crippen molar-refractivity contribution in [2.45, 2.75) is 58.0 Å². The van der Waals surface area contributed by atoms with Crippen molar-refractivity contribution in [2.24, 2.45) is 0 Å². The van der Waals surface area contributed by atoms with Crippen molar-refractivity contribution in [2.75, 3.05) is 31.2 Å². The molecule has 0 unspecified atom stereocenters. The van der Waals surface area contributed by atoms with Crippen LogP contribution in [0.1, 0.15) is 63.2 Å². The van der Waals surface area contributed by atoms with E-state index in [1.54, 1.807) is 4.90 Å². The summed E-state index contributed by atoms with van der Waals surface area (Å²) in [5, 5.41) is 7.15. The second-order valence-electron chi connectivity index (χ2n) is 9.03. The number of hydrogen-bond acceptors (Lipinski definition) is 5. The number of carbonyl (C=O) groups excluding carboxylic acids is 1. The fourth-order valence-electron chi connectivity index (χ4n) is 3.84. The van der Waals surface area contributed by atoms with Gasteiger partial charge in [-0.2, -0.15) is 4.98 Å². The number of hydrogen-bond donors (Lipinski definition) is 1. The van der Waals surface area contributed by atoms with Gasteiger partial charge in [-0.25, -0.2) is 4.39 Å². The van der Waals surface area contributed by atoms with Gasteiger partial charge in [0.2, 0.25) is 0 Å². The van der Waals surface area contributed by atoms with Crippen molar-refractivity contribution in [3.63, 3.8) is 0 Å². The molecule has 0 aliphatic carbocycles. The van der Waals surface area contributed by atoms with Gasteiger partial charge in [-0.05, 0) is 62.9 Å². The van der Waals surface area contributed by atoms with Gasteiger partial charge in [0.15, 0.2) is 11.5 Å². The van der Waals surface area contributed by atoms with Gasteiger partial charge in [0.05, 0.1) is 6.67 Å². The van der Waals surface area contributed by atoms with Crippen molar-refractivity contribution in [1.29, 1.82) is 0 Å². The molecule has 1 N–H and O–H groups in total. The third-order valence-electron chi connectivity index (χ3n) is 5.80. The molecule has 8 heteroatoms. The van der Waals surface area contributed by atoms with E-state index >= 15 is 0 Å². The largest absolute Gasteiger partial charge is 0.336 e. The minimum absolute atomic E-state index is 0.0191. The van der Waals surface area contributed by atoms with Gasteiger partial charge >= 0.3 is 0 Å². The van der Waals surface area contributed by atoms with Crippen LogP contribution in [0.2, 0.25) is 0 Å². The second kappa shape index (κ2) is 12.0. The zero-order chi connectivity index (χ0) is 24.6. The molecule has 0 radical (unpaired) electrons. The Hall–Kier alpha value is -2.87. The summed E-state index contributed by atoms with van der Waals surface area (Å²) in [5.74, 6) is 0.212. The van der Waals surface area contributed by atoms with E-state index in [9.17, 15) is 13.6 Å². The van der Waals surface area contributed by atoms with E-state index in [0.717, 1.165) is 50.0 Å². The molecule has 2 heterocycles. The number of aromatic nitrogens is 2. The lowest BCUT2D eigenvalue weighted by Gasteiger charge is -2.25. The molecule has 1 amide bonds.